The van der Waals surface area contributed by atoms with Crippen LogP contribution in [0.4, 0.5) is 0 Å². The first-order valence-electron chi connectivity index (χ1n) is 13.1. The Morgan fingerprint density at radius 1 is 1.00 bits per heavy atom. The van der Waals surface area contributed by atoms with E-state index >= 15 is 0 Å². The van der Waals surface area contributed by atoms with Crippen molar-refractivity contribution in [3.63, 3.8) is 0 Å². The third-order valence-electron chi connectivity index (χ3n) is 5.96. The Labute approximate surface area is 231 Å². The van der Waals surface area contributed by atoms with Gasteiger partial charge in [-0.05, 0) is 83.0 Å². The van der Waals surface area contributed by atoms with Crippen LogP contribution in [0.5, 0.6) is 17.2 Å². The highest BCUT2D eigenvalue weighted by Crippen LogP contribution is 2.32. The summed E-state index contributed by atoms with van der Waals surface area (Å²) in [5, 5.41) is 0. The molecule has 0 aliphatic carbocycles. The maximum atomic E-state index is 13.9. The zero-order chi connectivity index (χ0) is 28.1. The van der Waals surface area contributed by atoms with Crippen LogP contribution < -0.4 is 29.1 Å². The van der Waals surface area contributed by atoms with Crippen molar-refractivity contribution in [2.45, 2.75) is 53.7 Å². The van der Waals surface area contributed by atoms with Gasteiger partial charge in [-0.15, -0.1) is 0 Å². The van der Waals surface area contributed by atoms with Gasteiger partial charge in [0.15, 0.2) is 16.3 Å². The second kappa shape index (κ2) is 12.3. The summed E-state index contributed by atoms with van der Waals surface area (Å²) in [6.45, 7) is 12.6. The molecule has 0 bridgehead atoms. The number of carbonyl (C=O) groups excluding carboxylic acids is 1. The van der Waals surface area contributed by atoms with Crippen molar-refractivity contribution in [1.29, 1.82) is 0 Å². The summed E-state index contributed by atoms with van der Waals surface area (Å²) in [6.07, 6.45) is 1.49. The van der Waals surface area contributed by atoms with Gasteiger partial charge in [-0.3, -0.25) is 9.36 Å². The van der Waals surface area contributed by atoms with Gasteiger partial charge in [0, 0.05) is 0 Å². The molecule has 206 valence electrons. The summed E-state index contributed by atoms with van der Waals surface area (Å²) in [6, 6.07) is 12.3. The number of benzene rings is 2. The molecule has 1 aliphatic heterocycles. The van der Waals surface area contributed by atoms with Gasteiger partial charge in [0.1, 0.15) is 5.75 Å². The first kappa shape index (κ1) is 28.2. The highest BCUT2D eigenvalue weighted by Gasteiger charge is 2.33. The summed E-state index contributed by atoms with van der Waals surface area (Å²) in [7, 11) is 0. The lowest BCUT2D eigenvalue weighted by Crippen LogP contribution is -2.40. The molecule has 0 saturated heterocycles. The molecule has 0 spiro atoms. The molecule has 2 aromatic carbocycles. The molecule has 0 saturated carbocycles. The highest BCUT2D eigenvalue weighted by atomic mass is 32.1. The van der Waals surface area contributed by atoms with E-state index < -0.39 is 12.0 Å². The number of hydrogen-bond acceptors (Lipinski definition) is 8. The normalized spacial score (nSPS) is 15.2. The number of ether oxygens (including phenoxy) is 4. The molecule has 1 atom stereocenters. The molecular weight excluding hydrogens is 516 g/mol. The fraction of sp³-hybridized carbons (Fsp3) is 0.367. The molecule has 3 aromatic rings. The first-order chi connectivity index (χ1) is 18.8. The Morgan fingerprint density at radius 2 is 1.67 bits per heavy atom. The lowest BCUT2D eigenvalue weighted by Gasteiger charge is -2.25. The van der Waals surface area contributed by atoms with E-state index in [0.29, 0.717) is 57.7 Å². The van der Waals surface area contributed by atoms with Crippen LogP contribution in [-0.4, -0.2) is 36.5 Å². The van der Waals surface area contributed by atoms with E-state index in [9.17, 15) is 9.59 Å². The minimum Gasteiger partial charge on any atom is -0.494 e. The van der Waals surface area contributed by atoms with Crippen molar-refractivity contribution in [3.05, 3.63) is 84.5 Å². The monoisotopic (exact) mass is 550 g/mol. The van der Waals surface area contributed by atoms with Crippen LogP contribution in [0, 0.1) is 0 Å². The molecule has 4 rings (SSSR count). The van der Waals surface area contributed by atoms with Gasteiger partial charge in [0.2, 0.25) is 0 Å². The average molecular weight is 551 g/mol. The minimum atomic E-state index is -0.690. The van der Waals surface area contributed by atoms with Crippen LogP contribution in [0.1, 0.15) is 58.7 Å². The second-order valence-electron chi connectivity index (χ2n) is 9.11. The van der Waals surface area contributed by atoms with Crippen molar-refractivity contribution < 1.29 is 23.7 Å². The molecule has 1 aromatic heterocycles. The molecule has 1 aliphatic rings. The van der Waals surface area contributed by atoms with Gasteiger partial charge in [0.25, 0.3) is 5.56 Å². The van der Waals surface area contributed by atoms with E-state index in [4.69, 9.17) is 18.9 Å². The average Bonchev–Trinajstić information content (AvgIpc) is 3.19. The molecule has 2 heterocycles. The van der Waals surface area contributed by atoms with Crippen LogP contribution in [0.25, 0.3) is 6.08 Å². The van der Waals surface area contributed by atoms with E-state index in [1.807, 2.05) is 69.3 Å². The number of esters is 1. The van der Waals surface area contributed by atoms with Crippen LogP contribution >= 0.6 is 11.3 Å². The summed E-state index contributed by atoms with van der Waals surface area (Å²) < 4.78 is 24.7. The Hall–Kier alpha value is -3.85. The quantitative estimate of drug-likeness (QED) is 0.348. The van der Waals surface area contributed by atoms with E-state index in [-0.39, 0.29) is 11.7 Å². The Balaban J connectivity index is 1.87. The lowest BCUT2D eigenvalue weighted by atomic mass is 9.96. The van der Waals surface area contributed by atoms with Crippen LogP contribution in [0.2, 0.25) is 0 Å². The van der Waals surface area contributed by atoms with Crippen molar-refractivity contribution in [3.8, 4) is 17.2 Å². The van der Waals surface area contributed by atoms with Gasteiger partial charge >= 0.3 is 5.97 Å². The number of aromatic nitrogens is 1. The van der Waals surface area contributed by atoms with E-state index in [1.54, 1.807) is 25.3 Å². The van der Waals surface area contributed by atoms with Gasteiger partial charge < -0.3 is 18.9 Å². The summed E-state index contributed by atoms with van der Waals surface area (Å²) >= 11 is 1.28. The number of allylic oxidation sites excluding steroid dienone is 1. The molecular formula is C30H34N2O6S. The SMILES string of the molecule is CCOc1ccc([C@H]2C(C(=O)OC(C)C)=C(C)N=c3s/c(=C/c4ccc(OCC)c(OCC)c4)c(=O)n32)cc1. The molecule has 9 heteroatoms. The van der Waals surface area contributed by atoms with Crippen molar-refractivity contribution in [2.75, 3.05) is 19.8 Å². The predicted molar refractivity (Wildman–Crippen MR) is 151 cm³/mol. The maximum absolute atomic E-state index is 13.9. The first-order valence-corrected chi connectivity index (χ1v) is 13.9. The lowest BCUT2D eigenvalue weighted by molar-refractivity contribution is -0.143. The molecule has 0 radical (unpaired) electrons. The van der Waals surface area contributed by atoms with Crippen molar-refractivity contribution in [1.82, 2.24) is 4.57 Å². The van der Waals surface area contributed by atoms with Crippen LogP contribution in [-0.2, 0) is 9.53 Å². The topological polar surface area (TPSA) is 88.4 Å². The van der Waals surface area contributed by atoms with E-state index in [2.05, 4.69) is 4.99 Å². The number of hydrogen-bond donors (Lipinski definition) is 0. The summed E-state index contributed by atoms with van der Waals surface area (Å²) in [5.41, 5.74) is 2.17. The third kappa shape index (κ3) is 6.09. The van der Waals surface area contributed by atoms with E-state index in [0.717, 1.165) is 11.1 Å². The molecule has 0 amide bonds. The predicted octanol–water partition coefficient (Wildman–Crippen LogP) is 4.38. The fourth-order valence-corrected chi connectivity index (χ4v) is 5.44. The zero-order valence-corrected chi connectivity index (χ0v) is 24.0. The highest BCUT2D eigenvalue weighted by molar-refractivity contribution is 7.07. The number of nitrogens with zero attached hydrogens (tertiary/aromatic N) is 2. The van der Waals surface area contributed by atoms with Gasteiger partial charge in [0.05, 0.1) is 47.8 Å². The Bertz CT molecular complexity index is 1550. The van der Waals surface area contributed by atoms with Gasteiger partial charge in [-0.25, -0.2) is 9.79 Å². The molecule has 8 nitrogen and oxygen atoms in total. The number of fused-ring (bicyclic) bond motifs is 1. The maximum Gasteiger partial charge on any atom is 0.338 e. The minimum absolute atomic E-state index is 0.244. The molecule has 0 unspecified atom stereocenters. The summed E-state index contributed by atoms with van der Waals surface area (Å²) in [5.74, 6) is 1.48. The fourth-order valence-electron chi connectivity index (χ4n) is 4.40. The molecule has 0 N–H and O–H groups in total. The zero-order valence-electron chi connectivity index (χ0n) is 23.1. The van der Waals surface area contributed by atoms with Gasteiger partial charge in [-0.2, -0.15) is 0 Å². The van der Waals surface area contributed by atoms with E-state index in [1.165, 1.54) is 11.3 Å². The van der Waals surface area contributed by atoms with Gasteiger partial charge in [-0.1, -0.05) is 29.5 Å². The number of thiazole rings is 1. The number of carbonyl (C=O) groups is 1. The molecule has 0 fully saturated rings. The second-order valence-corrected chi connectivity index (χ2v) is 10.1. The van der Waals surface area contributed by atoms with Crippen LogP contribution in [0.3, 0.4) is 0 Å². The Kier molecular flexibility index (Phi) is 8.91. The largest absolute Gasteiger partial charge is 0.494 e. The number of rotatable bonds is 10. The smallest absolute Gasteiger partial charge is 0.338 e. The van der Waals surface area contributed by atoms with Crippen LogP contribution in [0.15, 0.2) is 63.5 Å². The van der Waals surface area contributed by atoms with Crippen molar-refractivity contribution in [2.24, 2.45) is 4.99 Å². The summed E-state index contributed by atoms with van der Waals surface area (Å²) in [4.78, 5) is 32.3. The Morgan fingerprint density at radius 3 is 2.31 bits per heavy atom. The third-order valence-corrected chi connectivity index (χ3v) is 6.94. The molecule has 39 heavy (non-hydrogen) atoms. The standard InChI is InChI=1S/C30H34N2O6S/c1-7-35-22-13-11-21(12-14-22)27-26(29(34)38-18(4)5)19(6)31-30-32(27)28(33)25(39-30)17-20-10-15-23(36-8-2)24(16-20)37-9-3/h10-18,27H,7-9H2,1-6H3/b25-17+/t27-/m0/s1. The van der Waals surface area contributed by atoms with Crippen molar-refractivity contribution >= 4 is 23.4 Å².